The summed E-state index contributed by atoms with van der Waals surface area (Å²) in [6.07, 6.45) is 0.429. The molecule has 7 heteroatoms. The van der Waals surface area contributed by atoms with Crippen molar-refractivity contribution in [2.75, 3.05) is 54.9 Å². The van der Waals surface area contributed by atoms with E-state index in [1.165, 1.54) is 0 Å². The molecule has 0 radical (unpaired) electrons. The molecule has 0 aliphatic carbocycles. The molecule has 2 heterocycles. The molecule has 2 aliphatic rings. The summed E-state index contributed by atoms with van der Waals surface area (Å²) in [6.45, 7) is 3.77. The number of rotatable bonds is 4. The summed E-state index contributed by atoms with van der Waals surface area (Å²) in [7, 11) is 1.76. The number of piperazine rings is 1. The number of anilines is 3. The Balaban J connectivity index is 1.29. The Morgan fingerprint density at radius 2 is 1.79 bits per heavy atom. The van der Waals surface area contributed by atoms with Gasteiger partial charge in [0.15, 0.2) is 0 Å². The van der Waals surface area contributed by atoms with Gasteiger partial charge in [-0.1, -0.05) is 17.7 Å². The fourth-order valence-corrected chi connectivity index (χ4v) is 3.86. The second kappa shape index (κ2) is 7.81. The minimum atomic E-state index is -0.0353. The molecule has 2 aliphatic heterocycles. The number of halogens is 1. The van der Waals surface area contributed by atoms with Gasteiger partial charge < -0.3 is 15.1 Å². The van der Waals surface area contributed by atoms with Crippen LogP contribution in [0.4, 0.5) is 17.1 Å². The standard InChI is InChI=1S/C21H23ClN4O2/c1-24-19-13-17(5-2-15(19)12-21(24)28)23-20(27)14-25-8-10-26(11-9-25)18-6-3-16(22)4-7-18/h2-7,13H,8-12,14H2,1H3,(H,23,27). The summed E-state index contributed by atoms with van der Waals surface area (Å²) >= 11 is 5.95. The summed E-state index contributed by atoms with van der Waals surface area (Å²) in [5, 5.41) is 3.69. The molecular formula is C21H23ClN4O2. The minimum absolute atomic E-state index is 0.0353. The zero-order valence-corrected chi connectivity index (χ0v) is 16.6. The maximum atomic E-state index is 12.5. The molecule has 0 spiro atoms. The zero-order chi connectivity index (χ0) is 19.7. The highest BCUT2D eigenvalue weighted by Crippen LogP contribution is 2.30. The van der Waals surface area contributed by atoms with E-state index in [-0.39, 0.29) is 11.8 Å². The lowest BCUT2D eigenvalue weighted by molar-refractivity contribution is -0.118. The van der Waals surface area contributed by atoms with Crippen LogP contribution in [0.15, 0.2) is 42.5 Å². The highest BCUT2D eigenvalue weighted by molar-refractivity contribution is 6.30. The van der Waals surface area contributed by atoms with Gasteiger partial charge in [0.25, 0.3) is 0 Å². The van der Waals surface area contributed by atoms with Gasteiger partial charge in [0.1, 0.15) is 0 Å². The number of likely N-dealkylation sites (N-methyl/N-ethyl adjacent to an activating group) is 1. The number of nitrogens with one attached hydrogen (secondary N) is 1. The Morgan fingerprint density at radius 1 is 1.07 bits per heavy atom. The van der Waals surface area contributed by atoms with Crippen LogP contribution in [-0.4, -0.2) is 56.5 Å². The van der Waals surface area contributed by atoms with Crippen LogP contribution in [0.25, 0.3) is 0 Å². The first kappa shape index (κ1) is 18.8. The third-order valence-corrected chi connectivity index (χ3v) is 5.63. The summed E-state index contributed by atoms with van der Waals surface area (Å²) < 4.78 is 0. The van der Waals surface area contributed by atoms with Crippen LogP contribution in [-0.2, 0) is 16.0 Å². The van der Waals surface area contributed by atoms with Crippen LogP contribution in [0.5, 0.6) is 0 Å². The van der Waals surface area contributed by atoms with E-state index >= 15 is 0 Å². The number of amides is 2. The minimum Gasteiger partial charge on any atom is -0.369 e. The second-order valence-electron chi connectivity index (χ2n) is 7.26. The van der Waals surface area contributed by atoms with Gasteiger partial charge in [-0.05, 0) is 42.0 Å². The lowest BCUT2D eigenvalue weighted by Gasteiger charge is -2.35. The predicted octanol–water partition coefficient (Wildman–Crippen LogP) is 2.62. The van der Waals surface area contributed by atoms with Crippen LogP contribution in [0.3, 0.4) is 0 Å². The topological polar surface area (TPSA) is 55.9 Å². The number of benzene rings is 2. The van der Waals surface area contributed by atoms with Crippen molar-refractivity contribution in [3.63, 3.8) is 0 Å². The number of hydrogen-bond donors (Lipinski definition) is 1. The van der Waals surface area contributed by atoms with E-state index in [1.54, 1.807) is 11.9 Å². The van der Waals surface area contributed by atoms with E-state index in [4.69, 9.17) is 11.6 Å². The fourth-order valence-electron chi connectivity index (χ4n) is 3.74. The van der Waals surface area contributed by atoms with Gasteiger partial charge in [0.05, 0.1) is 13.0 Å². The average Bonchev–Trinajstić information content (AvgIpc) is 2.97. The first-order valence-corrected chi connectivity index (χ1v) is 9.79. The van der Waals surface area contributed by atoms with Gasteiger partial charge in [0, 0.05) is 55.3 Å². The summed E-state index contributed by atoms with van der Waals surface area (Å²) in [4.78, 5) is 30.3. The maximum Gasteiger partial charge on any atom is 0.238 e. The molecule has 2 aromatic carbocycles. The third kappa shape index (κ3) is 3.98. The van der Waals surface area contributed by atoms with Crippen LogP contribution in [0.2, 0.25) is 5.02 Å². The van der Waals surface area contributed by atoms with Gasteiger partial charge in [-0.15, -0.1) is 0 Å². The number of nitrogens with zero attached hydrogens (tertiary/aromatic N) is 3. The molecule has 0 aromatic heterocycles. The van der Waals surface area contributed by atoms with Crippen molar-refractivity contribution >= 4 is 40.5 Å². The molecule has 6 nitrogen and oxygen atoms in total. The SMILES string of the molecule is CN1C(=O)Cc2ccc(NC(=O)CN3CCN(c4ccc(Cl)cc4)CC3)cc21. The van der Waals surface area contributed by atoms with E-state index in [1.807, 2.05) is 42.5 Å². The molecule has 0 bridgehead atoms. The number of hydrogen-bond acceptors (Lipinski definition) is 4. The molecule has 0 unspecified atom stereocenters. The van der Waals surface area contributed by atoms with Crippen molar-refractivity contribution in [3.8, 4) is 0 Å². The van der Waals surface area contributed by atoms with Gasteiger partial charge >= 0.3 is 0 Å². The van der Waals surface area contributed by atoms with E-state index in [0.29, 0.717) is 13.0 Å². The van der Waals surface area contributed by atoms with Gasteiger partial charge in [-0.2, -0.15) is 0 Å². The molecule has 0 atom stereocenters. The molecule has 1 fully saturated rings. The van der Waals surface area contributed by atoms with E-state index in [2.05, 4.69) is 15.1 Å². The number of carbonyl (C=O) groups is 2. The maximum absolute atomic E-state index is 12.5. The predicted molar refractivity (Wildman–Crippen MR) is 112 cm³/mol. The molecule has 2 amide bonds. The molecule has 146 valence electrons. The smallest absolute Gasteiger partial charge is 0.238 e. The molecule has 1 saturated heterocycles. The quantitative estimate of drug-likeness (QED) is 0.860. The Kier molecular flexibility index (Phi) is 5.24. The van der Waals surface area contributed by atoms with Crippen molar-refractivity contribution in [1.82, 2.24) is 4.90 Å². The second-order valence-corrected chi connectivity index (χ2v) is 7.70. The van der Waals surface area contributed by atoms with Crippen LogP contribution in [0.1, 0.15) is 5.56 Å². The molecular weight excluding hydrogens is 376 g/mol. The van der Waals surface area contributed by atoms with Crippen LogP contribution in [0, 0.1) is 0 Å². The van der Waals surface area contributed by atoms with Crippen molar-refractivity contribution in [1.29, 1.82) is 0 Å². The molecule has 4 rings (SSSR count). The average molecular weight is 399 g/mol. The molecule has 1 N–H and O–H groups in total. The summed E-state index contributed by atoms with van der Waals surface area (Å²) in [6, 6.07) is 13.5. The normalized spacial score (nSPS) is 17.0. The van der Waals surface area contributed by atoms with Gasteiger partial charge in [-0.25, -0.2) is 0 Å². The fraction of sp³-hybridized carbons (Fsp3) is 0.333. The first-order chi connectivity index (χ1) is 13.5. The molecule has 28 heavy (non-hydrogen) atoms. The van der Waals surface area contributed by atoms with E-state index < -0.39 is 0 Å². The third-order valence-electron chi connectivity index (χ3n) is 5.38. The van der Waals surface area contributed by atoms with Crippen molar-refractivity contribution in [2.24, 2.45) is 0 Å². The van der Waals surface area contributed by atoms with E-state index in [0.717, 1.165) is 53.8 Å². The number of fused-ring (bicyclic) bond motifs is 1. The highest BCUT2D eigenvalue weighted by atomic mass is 35.5. The van der Waals surface area contributed by atoms with Crippen LogP contribution >= 0.6 is 11.6 Å². The van der Waals surface area contributed by atoms with Gasteiger partial charge in [-0.3, -0.25) is 14.5 Å². The lowest BCUT2D eigenvalue weighted by atomic mass is 10.1. The lowest BCUT2D eigenvalue weighted by Crippen LogP contribution is -2.48. The van der Waals surface area contributed by atoms with Crippen LogP contribution < -0.4 is 15.1 Å². The first-order valence-electron chi connectivity index (χ1n) is 9.42. The van der Waals surface area contributed by atoms with Crippen molar-refractivity contribution < 1.29 is 9.59 Å². The zero-order valence-electron chi connectivity index (χ0n) is 15.8. The van der Waals surface area contributed by atoms with E-state index in [9.17, 15) is 9.59 Å². The van der Waals surface area contributed by atoms with Crippen molar-refractivity contribution in [2.45, 2.75) is 6.42 Å². The largest absolute Gasteiger partial charge is 0.369 e. The Morgan fingerprint density at radius 3 is 2.50 bits per heavy atom. The monoisotopic (exact) mass is 398 g/mol. The molecule has 0 saturated carbocycles. The van der Waals surface area contributed by atoms with Gasteiger partial charge in [0.2, 0.25) is 11.8 Å². The molecule has 2 aromatic rings. The summed E-state index contributed by atoms with van der Waals surface area (Å²) in [5.74, 6) is 0.0453. The summed E-state index contributed by atoms with van der Waals surface area (Å²) in [5.41, 5.74) is 3.76. The highest BCUT2D eigenvalue weighted by Gasteiger charge is 2.24. The van der Waals surface area contributed by atoms with Crippen molar-refractivity contribution in [3.05, 3.63) is 53.1 Å². The Labute approximate surface area is 169 Å². The Hall–Kier alpha value is -2.57. The number of carbonyl (C=O) groups excluding carboxylic acids is 2. The Bertz CT molecular complexity index is 892.